The van der Waals surface area contributed by atoms with Crippen molar-refractivity contribution in [3.05, 3.63) is 89.1 Å². The molecule has 1 N–H and O–H groups in total. The number of nitrogens with zero attached hydrogens (tertiary/aromatic N) is 2. The molecular weight excluding hydrogens is 406 g/mol. The molecule has 5 nitrogen and oxygen atoms in total. The van der Waals surface area contributed by atoms with Crippen LogP contribution >= 0.6 is 11.3 Å². The van der Waals surface area contributed by atoms with E-state index in [2.05, 4.69) is 16.4 Å². The van der Waals surface area contributed by atoms with Crippen LogP contribution in [0.3, 0.4) is 0 Å². The van der Waals surface area contributed by atoms with Crippen molar-refractivity contribution in [2.45, 2.75) is 32.2 Å². The van der Waals surface area contributed by atoms with Crippen molar-refractivity contribution in [3.63, 3.8) is 0 Å². The quantitative estimate of drug-likeness (QED) is 0.431. The number of nitrogens with one attached hydrogen (secondary N) is 1. The largest absolute Gasteiger partial charge is 0.478 e. The van der Waals surface area contributed by atoms with Gasteiger partial charge in [-0.2, -0.15) is 0 Å². The first-order valence-corrected chi connectivity index (χ1v) is 11.2. The van der Waals surface area contributed by atoms with E-state index in [0.29, 0.717) is 25.5 Å². The number of para-hydroxylation sites is 1. The van der Waals surface area contributed by atoms with E-state index in [1.165, 1.54) is 0 Å². The number of hydrogen-bond acceptors (Lipinski definition) is 5. The van der Waals surface area contributed by atoms with Crippen molar-refractivity contribution in [2.24, 2.45) is 0 Å². The van der Waals surface area contributed by atoms with Crippen LogP contribution in [-0.2, 0) is 23.2 Å². The number of hydrogen-bond donors (Lipinski definition) is 1. The molecule has 0 bridgehead atoms. The molecule has 2 aromatic carbocycles. The van der Waals surface area contributed by atoms with E-state index in [1.54, 1.807) is 17.5 Å². The van der Waals surface area contributed by atoms with Crippen molar-refractivity contribution < 1.29 is 9.53 Å². The topological polar surface area (TPSA) is 64.1 Å². The van der Waals surface area contributed by atoms with E-state index in [-0.39, 0.29) is 5.91 Å². The fraction of sp³-hybridized carbons (Fsp3) is 0.240. The number of carbonyl (C=O) groups is 1. The van der Waals surface area contributed by atoms with E-state index >= 15 is 0 Å². The van der Waals surface area contributed by atoms with Crippen molar-refractivity contribution in [1.82, 2.24) is 15.3 Å². The highest BCUT2D eigenvalue weighted by Crippen LogP contribution is 2.32. The van der Waals surface area contributed by atoms with Gasteiger partial charge in [-0.05, 0) is 37.6 Å². The zero-order valence-electron chi connectivity index (χ0n) is 17.7. The average molecular weight is 432 g/mol. The maximum Gasteiger partial charge on any atom is 0.231 e. The number of aromatic nitrogens is 2. The molecule has 0 aliphatic carbocycles. The van der Waals surface area contributed by atoms with Crippen LogP contribution in [-0.4, -0.2) is 22.5 Å². The van der Waals surface area contributed by atoms with Gasteiger partial charge in [-0.3, -0.25) is 4.79 Å². The van der Waals surface area contributed by atoms with Gasteiger partial charge in [0.25, 0.3) is 0 Å². The highest BCUT2D eigenvalue weighted by Gasteiger charge is 2.36. The number of benzene rings is 2. The summed E-state index contributed by atoms with van der Waals surface area (Å²) in [5.41, 5.74) is 2.02. The summed E-state index contributed by atoms with van der Waals surface area (Å²) in [7, 11) is 0. The number of rotatable bonds is 8. The standard InChI is InChI=1S/C25H25N3O2S/c1-3-30-23-18(10-9-15-26-23)17-27-24(29)25(2,19-11-5-4-6-12-19)16-22-28-20-13-7-8-14-21(20)31-22/h4-15H,3,16-17H2,1-2H3,(H,27,29)/t25-/m0/s1. The van der Waals surface area contributed by atoms with E-state index in [1.807, 2.05) is 74.5 Å². The Hall–Kier alpha value is -3.25. The van der Waals surface area contributed by atoms with Gasteiger partial charge in [0.1, 0.15) is 0 Å². The number of thiazole rings is 1. The molecular formula is C25H25N3O2S. The van der Waals surface area contributed by atoms with E-state index < -0.39 is 5.41 Å². The van der Waals surface area contributed by atoms with Crippen LogP contribution in [0.1, 0.15) is 30.0 Å². The molecule has 0 aliphatic rings. The van der Waals surface area contributed by atoms with Gasteiger partial charge in [-0.15, -0.1) is 11.3 Å². The second kappa shape index (κ2) is 9.27. The van der Waals surface area contributed by atoms with Gasteiger partial charge in [0.2, 0.25) is 11.8 Å². The zero-order valence-corrected chi connectivity index (χ0v) is 18.5. The summed E-state index contributed by atoms with van der Waals surface area (Å²) in [5, 5.41) is 4.05. The molecule has 31 heavy (non-hydrogen) atoms. The predicted octanol–water partition coefficient (Wildman–Crippen LogP) is 4.91. The highest BCUT2D eigenvalue weighted by atomic mass is 32.1. The van der Waals surface area contributed by atoms with Gasteiger partial charge in [0.05, 0.1) is 27.2 Å². The number of fused-ring (bicyclic) bond motifs is 1. The Morgan fingerprint density at radius 3 is 2.61 bits per heavy atom. The van der Waals surface area contributed by atoms with Crippen LogP contribution in [0.2, 0.25) is 0 Å². The Kier molecular flexibility index (Phi) is 6.28. The summed E-state index contributed by atoms with van der Waals surface area (Å²) in [6.07, 6.45) is 2.21. The summed E-state index contributed by atoms with van der Waals surface area (Å²) in [5.74, 6) is 0.502. The summed E-state index contributed by atoms with van der Waals surface area (Å²) in [6.45, 7) is 4.78. The minimum absolute atomic E-state index is 0.0516. The van der Waals surface area contributed by atoms with Crippen LogP contribution in [0.4, 0.5) is 0 Å². The minimum atomic E-state index is -0.761. The fourth-order valence-corrected chi connectivity index (χ4v) is 4.74. The number of carbonyl (C=O) groups excluding carboxylic acids is 1. The van der Waals surface area contributed by atoms with Crippen LogP contribution in [0, 0.1) is 0 Å². The molecule has 0 unspecified atom stereocenters. The monoisotopic (exact) mass is 431 g/mol. The third-order valence-corrected chi connectivity index (χ3v) is 6.36. The molecule has 0 aliphatic heterocycles. The van der Waals surface area contributed by atoms with Crippen molar-refractivity contribution >= 4 is 27.5 Å². The smallest absolute Gasteiger partial charge is 0.231 e. The molecule has 0 spiro atoms. The second-order valence-corrected chi connectivity index (χ2v) is 8.65. The van der Waals surface area contributed by atoms with Crippen molar-refractivity contribution in [1.29, 1.82) is 0 Å². The minimum Gasteiger partial charge on any atom is -0.478 e. The summed E-state index contributed by atoms with van der Waals surface area (Å²) < 4.78 is 6.73. The molecule has 0 saturated heterocycles. The molecule has 4 rings (SSSR count). The maximum absolute atomic E-state index is 13.5. The third-order valence-electron chi connectivity index (χ3n) is 5.33. The lowest BCUT2D eigenvalue weighted by Gasteiger charge is -2.28. The van der Waals surface area contributed by atoms with Crippen LogP contribution in [0.5, 0.6) is 5.88 Å². The van der Waals surface area contributed by atoms with Crippen LogP contribution in [0.15, 0.2) is 72.9 Å². The Bertz CT molecular complexity index is 1140. The van der Waals surface area contributed by atoms with Gasteiger partial charge >= 0.3 is 0 Å². The first kappa shape index (κ1) is 21.0. The molecule has 6 heteroatoms. The van der Waals surface area contributed by atoms with E-state index in [9.17, 15) is 4.79 Å². The number of ether oxygens (including phenoxy) is 1. The lowest BCUT2D eigenvalue weighted by atomic mass is 9.78. The van der Waals surface area contributed by atoms with Crippen molar-refractivity contribution in [3.8, 4) is 5.88 Å². The molecule has 1 amide bonds. The van der Waals surface area contributed by atoms with Gasteiger partial charge < -0.3 is 10.1 Å². The number of pyridine rings is 1. The number of amides is 1. The van der Waals surface area contributed by atoms with Crippen LogP contribution in [0.25, 0.3) is 10.2 Å². The normalized spacial score (nSPS) is 13.0. The van der Waals surface area contributed by atoms with E-state index in [4.69, 9.17) is 9.72 Å². The SMILES string of the molecule is CCOc1ncccc1CNC(=O)[C@@](C)(Cc1nc2ccccc2s1)c1ccccc1. The lowest BCUT2D eigenvalue weighted by Crippen LogP contribution is -2.43. The maximum atomic E-state index is 13.5. The molecule has 158 valence electrons. The first-order valence-electron chi connectivity index (χ1n) is 10.3. The molecule has 4 aromatic rings. The first-order chi connectivity index (χ1) is 15.1. The second-order valence-electron chi connectivity index (χ2n) is 7.53. The molecule has 2 heterocycles. The Morgan fingerprint density at radius 1 is 1.06 bits per heavy atom. The van der Waals surface area contributed by atoms with Gasteiger partial charge in [0, 0.05) is 24.7 Å². The third kappa shape index (κ3) is 4.59. The molecule has 0 fully saturated rings. The van der Waals surface area contributed by atoms with Crippen LogP contribution < -0.4 is 10.1 Å². The zero-order chi connectivity index (χ0) is 21.7. The molecule has 0 radical (unpaired) electrons. The molecule has 2 aromatic heterocycles. The fourth-order valence-electron chi connectivity index (χ4n) is 3.61. The Morgan fingerprint density at radius 2 is 1.84 bits per heavy atom. The predicted molar refractivity (Wildman–Crippen MR) is 124 cm³/mol. The summed E-state index contributed by atoms with van der Waals surface area (Å²) in [4.78, 5) is 22.6. The summed E-state index contributed by atoms with van der Waals surface area (Å²) in [6, 6.07) is 21.7. The Labute approximate surface area is 186 Å². The molecule has 1 atom stereocenters. The van der Waals surface area contributed by atoms with Gasteiger partial charge in [0.15, 0.2) is 0 Å². The molecule has 0 saturated carbocycles. The van der Waals surface area contributed by atoms with Gasteiger partial charge in [-0.1, -0.05) is 48.5 Å². The van der Waals surface area contributed by atoms with E-state index in [0.717, 1.165) is 26.4 Å². The Balaban J connectivity index is 1.61. The van der Waals surface area contributed by atoms with Gasteiger partial charge in [-0.25, -0.2) is 9.97 Å². The lowest BCUT2D eigenvalue weighted by molar-refractivity contribution is -0.126. The highest BCUT2D eigenvalue weighted by molar-refractivity contribution is 7.18. The average Bonchev–Trinajstić information content (AvgIpc) is 3.21. The summed E-state index contributed by atoms with van der Waals surface area (Å²) >= 11 is 1.64. The van der Waals surface area contributed by atoms with Crippen molar-refractivity contribution in [2.75, 3.05) is 6.61 Å².